The minimum absolute atomic E-state index is 0.0174. The molecule has 17 nitrogen and oxygen atoms in total. The van der Waals surface area contributed by atoms with E-state index in [0.29, 0.717) is 44.1 Å². The van der Waals surface area contributed by atoms with Crippen molar-refractivity contribution in [3.8, 4) is 0 Å². The maximum absolute atomic E-state index is 13.7. The van der Waals surface area contributed by atoms with Crippen LogP contribution in [0.2, 0.25) is 0 Å². The molecule has 4 aliphatic carbocycles. The van der Waals surface area contributed by atoms with Crippen LogP contribution < -0.4 is 0 Å². The van der Waals surface area contributed by atoms with Gasteiger partial charge < -0.3 is 72.2 Å². The Morgan fingerprint density at radius 3 is 1.94 bits per heavy atom. The van der Waals surface area contributed by atoms with Crippen LogP contribution in [0.15, 0.2) is 23.3 Å². The van der Waals surface area contributed by atoms with Crippen molar-refractivity contribution in [1.29, 1.82) is 0 Å². The first kappa shape index (κ1) is 55.3. The summed E-state index contributed by atoms with van der Waals surface area (Å²) in [4.78, 5) is 26.6. The van der Waals surface area contributed by atoms with Gasteiger partial charge in [0.1, 0.15) is 48.5 Å². The Kier molecular flexibility index (Phi) is 17.1. The Morgan fingerprint density at radius 2 is 1.30 bits per heavy atom. The number of aliphatic hydroxyl groups is 3. The molecule has 0 aromatic heterocycles. The first-order valence-corrected chi connectivity index (χ1v) is 26.5. The third-order valence-electron chi connectivity index (χ3n) is 19.2. The third kappa shape index (κ3) is 10.0. The van der Waals surface area contributed by atoms with Crippen molar-refractivity contribution in [2.24, 2.45) is 34.5 Å². The minimum atomic E-state index is -1.24. The van der Waals surface area contributed by atoms with Gasteiger partial charge in [0.25, 0.3) is 0 Å². The van der Waals surface area contributed by atoms with Gasteiger partial charge in [0.05, 0.1) is 54.4 Å². The molecule has 7 fully saturated rings. The molecule has 0 aromatic carbocycles. The smallest absolute Gasteiger partial charge is 0.333 e. The summed E-state index contributed by atoms with van der Waals surface area (Å²) in [6, 6.07) is 0. The molecule has 4 saturated heterocycles. The molecule has 3 saturated carbocycles. The predicted molar refractivity (Wildman–Crippen MR) is 257 cm³/mol. The molecule has 25 atom stereocenters. The van der Waals surface area contributed by atoms with E-state index in [-0.39, 0.29) is 53.7 Å². The summed E-state index contributed by atoms with van der Waals surface area (Å²) >= 11 is 0. The van der Waals surface area contributed by atoms with E-state index in [1.54, 1.807) is 41.1 Å². The quantitative estimate of drug-likeness (QED) is 0.112. The minimum Gasteiger partial charge on any atom is -0.458 e. The van der Waals surface area contributed by atoms with Crippen LogP contribution in [-0.2, 0) is 66.4 Å². The maximum atomic E-state index is 13.7. The van der Waals surface area contributed by atoms with Crippen LogP contribution in [0.5, 0.6) is 0 Å². The number of rotatable bonds is 14. The highest BCUT2D eigenvalue weighted by Gasteiger charge is 2.69. The lowest BCUT2D eigenvalue weighted by atomic mass is 9.44. The van der Waals surface area contributed by atoms with Gasteiger partial charge in [-0.2, -0.15) is 0 Å². The number of aliphatic hydroxyl groups excluding tert-OH is 2. The number of hydrogen-bond acceptors (Lipinski definition) is 17. The Hall–Kier alpha value is -1.94. The zero-order chi connectivity index (χ0) is 51.5. The molecule has 404 valence electrons. The molecule has 3 N–H and O–H groups in total. The summed E-state index contributed by atoms with van der Waals surface area (Å²) in [6.07, 6.45) is -1.02. The number of methoxy groups -OCH3 is 4. The Bertz CT molecular complexity index is 1930. The number of allylic oxidation sites excluding steroid dienone is 2. The van der Waals surface area contributed by atoms with Gasteiger partial charge in [-0.1, -0.05) is 31.6 Å². The average Bonchev–Trinajstić information content (AvgIpc) is 3.63. The average molecular weight is 1010 g/mol. The van der Waals surface area contributed by atoms with Crippen LogP contribution >= 0.6 is 0 Å². The first-order valence-electron chi connectivity index (χ1n) is 26.5. The lowest BCUT2D eigenvalue weighted by Gasteiger charge is -2.62. The molecule has 4 aliphatic heterocycles. The van der Waals surface area contributed by atoms with Gasteiger partial charge in [-0.25, -0.2) is 4.79 Å². The summed E-state index contributed by atoms with van der Waals surface area (Å²) in [5, 5.41) is 34.8. The van der Waals surface area contributed by atoms with Gasteiger partial charge in [-0.3, -0.25) is 4.79 Å². The molecular weight excluding hydrogens is 921 g/mol. The van der Waals surface area contributed by atoms with Gasteiger partial charge in [-0.15, -0.1) is 0 Å². The molecular formula is C54H86O17. The van der Waals surface area contributed by atoms with E-state index in [4.69, 9.17) is 56.8 Å². The molecule has 0 amide bonds. The lowest BCUT2D eigenvalue weighted by Crippen LogP contribution is -2.63. The fourth-order valence-electron chi connectivity index (χ4n) is 14.9. The van der Waals surface area contributed by atoms with E-state index >= 15 is 0 Å². The largest absolute Gasteiger partial charge is 0.458 e. The van der Waals surface area contributed by atoms with Crippen molar-refractivity contribution in [2.75, 3.05) is 28.4 Å². The molecule has 8 rings (SSSR count). The fourth-order valence-corrected chi connectivity index (χ4v) is 14.9. The summed E-state index contributed by atoms with van der Waals surface area (Å²) in [5.41, 5.74) is -0.153. The second-order valence-electron chi connectivity index (χ2n) is 22.8. The van der Waals surface area contributed by atoms with Crippen LogP contribution in [0.4, 0.5) is 0 Å². The molecule has 0 aromatic rings. The Balaban J connectivity index is 0.920. The van der Waals surface area contributed by atoms with Gasteiger partial charge in [-0.05, 0) is 111 Å². The van der Waals surface area contributed by atoms with E-state index < -0.39 is 109 Å². The number of carbonyl (C=O) groups excluding carboxylic acids is 2. The molecule has 0 radical (unpaired) electrons. The molecule has 0 bridgehead atoms. The number of fused-ring (bicyclic) bond motifs is 5. The zero-order valence-electron chi connectivity index (χ0n) is 44.5. The standard InChI is InChI=1S/C54H86O17/c1-14-26(2)50(58)68-41-22-32(21-33-15-16-36-35(53(33,41)9)17-19-52(8)34(27(3)55)18-20-54(36,52)59)37-23-39(61-11)46(29(5)64-37)69-43-25-40(62-12)47(30(6)66-43)71-51-45(57)49(63-13)48(31(7)67-51)70-42-24-38(60-10)44(56)28(4)65-42/h14-15,28-32,34-49,51,56-57,59H,16-25H2,1-13H3/b26-14+/t28-,29-,30-,31-,32-,34+,35+,36-,37-,38+,39+,40+,41-,42+,43+,44-,45-,46-,47-,48-,49-,51+,52-,53+,54+/m1/s1. The second-order valence-corrected chi connectivity index (χ2v) is 22.8. The van der Waals surface area contributed by atoms with Crippen molar-refractivity contribution in [3.05, 3.63) is 23.3 Å². The van der Waals surface area contributed by atoms with Crippen LogP contribution in [-0.4, -0.2) is 172 Å². The van der Waals surface area contributed by atoms with Crippen molar-refractivity contribution < 1.29 is 81.8 Å². The highest BCUT2D eigenvalue weighted by atomic mass is 16.8. The topological polar surface area (TPSA) is 206 Å². The number of ether oxygens (including phenoxy) is 12. The molecule has 4 heterocycles. The van der Waals surface area contributed by atoms with Crippen LogP contribution in [0, 0.1) is 34.5 Å². The molecule has 0 unspecified atom stereocenters. The van der Waals surface area contributed by atoms with Crippen LogP contribution in [0.25, 0.3) is 0 Å². The fraction of sp³-hybridized carbons (Fsp3) is 0.889. The van der Waals surface area contributed by atoms with Crippen molar-refractivity contribution in [1.82, 2.24) is 0 Å². The van der Waals surface area contributed by atoms with Gasteiger partial charge in [0.15, 0.2) is 18.9 Å². The number of ketones is 1. The zero-order valence-corrected chi connectivity index (χ0v) is 44.5. The number of hydrogen-bond donors (Lipinski definition) is 3. The van der Waals surface area contributed by atoms with E-state index in [1.807, 2.05) is 27.7 Å². The van der Waals surface area contributed by atoms with Gasteiger partial charge in [0.2, 0.25) is 0 Å². The number of Topliss-reactive ketones (excluding diaryl/α,β-unsaturated/α-hetero) is 1. The van der Waals surface area contributed by atoms with Gasteiger partial charge >= 0.3 is 5.97 Å². The SMILES string of the molecule is C/C=C(\C)C(=O)O[C@@H]1C[C@H]([C@H]2C[C@H](OC)[C@H](O[C@H]3C[C@H](OC)[C@H](O[C@@H]4O[C@H](C)[C@@H](O[C@H]5C[C@H](OC)[C@H](O)[C@@H](C)O5)[C@H](OC)[C@H]4O)[C@@H](C)O3)[C@@H](C)O2)CC2=CC[C@@H]3[C@H](CC[C@]4(C)[C@H](C(C)=O)CC[C@]34O)[C@]21C. The van der Waals surface area contributed by atoms with Crippen molar-refractivity contribution in [3.63, 3.8) is 0 Å². The van der Waals surface area contributed by atoms with Crippen molar-refractivity contribution >= 4 is 11.8 Å². The maximum Gasteiger partial charge on any atom is 0.333 e. The molecule has 17 heteroatoms. The van der Waals surface area contributed by atoms with Gasteiger partial charge in [0, 0.05) is 70.0 Å². The molecule has 71 heavy (non-hydrogen) atoms. The molecule has 8 aliphatic rings. The Labute approximate surface area is 421 Å². The van der Waals surface area contributed by atoms with E-state index in [0.717, 1.165) is 25.7 Å². The summed E-state index contributed by atoms with van der Waals surface area (Å²) in [5.74, 6) is -0.279. The Morgan fingerprint density at radius 1 is 0.690 bits per heavy atom. The third-order valence-corrected chi connectivity index (χ3v) is 19.2. The predicted octanol–water partition coefficient (Wildman–Crippen LogP) is 5.50. The summed E-state index contributed by atoms with van der Waals surface area (Å²) < 4.78 is 75.3. The summed E-state index contributed by atoms with van der Waals surface area (Å²) in [6.45, 7) is 17.1. The van der Waals surface area contributed by atoms with Crippen LogP contribution in [0.1, 0.15) is 127 Å². The molecule has 0 spiro atoms. The van der Waals surface area contributed by atoms with Crippen LogP contribution in [0.3, 0.4) is 0 Å². The number of esters is 1. The normalized spacial score (nSPS) is 50.3. The summed E-state index contributed by atoms with van der Waals surface area (Å²) in [7, 11) is 6.33. The van der Waals surface area contributed by atoms with E-state index in [1.165, 1.54) is 19.8 Å². The first-order chi connectivity index (χ1) is 33.7. The monoisotopic (exact) mass is 1010 g/mol. The second kappa shape index (κ2) is 22.0. The van der Waals surface area contributed by atoms with Crippen molar-refractivity contribution in [2.45, 2.75) is 243 Å². The van der Waals surface area contributed by atoms with E-state index in [9.17, 15) is 24.9 Å². The number of carbonyl (C=O) groups is 2. The lowest BCUT2D eigenvalue weighted by molar-refractivity contribution is -0.363. The van der Waals surface area contributed by atoms with E-state index in [2.05, 4.69) is 19.9 Å². The highest BCUT2D eigenvalue weighted by Crippen LogP contribution is 2.69. The highest BCUT2D eigenvalue weighted by molar-refractivity contribution is 5.87.